The van der Waals surface area contributed by atoms with Gasteiger partial charge in [0, 0.05) is 25.6 Å². The van der Waals surface area contributed by atoms with E-state index in [0.29, 0.717) is 12.3 Å². The Balaban J connectivity index is 2.60. The number of rotatable bonds is 5. The lowest BCUT2D eigenvalue weighted by molar-refractivity contribution is -0.132. The Labute approximate surface area is 110 Å². The highest BCUT2D eigenvalue weighted by Gasteiger charge is 2.20. The second-order valence-corrected chi connectivity index (χ2v) is 5.21. The third kappa shape index (κ3) is 3.84. The van der Waals surface area contributed by atoms with E-state index in [4.69, 9.17) is 5.73 Å². The van der Waals surface area contributed by atoms with Gasteiger partial charge in [0.15, 0.2) is 0 Å². The quantitative estimate of drug-likeness (QED) is 0.870. The van der Waals surface area contributed by atoms with Gasteiger partial charge in [0.1, 0.15) is 0 Å². The molecule has 0 aliphatic carbocycles. The largest absolute Gasteiger partial charge is 0.343 e. The van der Waals surface area contributed by atoms with Crippen LogP contribution in [0, 0.1) is 5.92 Å². The fourth-order valence-corrected chi connectivity index (χ4v) is 1.82. The molecular weight excluding hydrogens is 224 g/mol. The molecule has 2 unspecified atom stereocenters. The van der Waals surface area contributed by atoms with E-state index in [1.165, 1.54) is 0 Å². The van der Waals surface area contributed by atoms with E-state index in [9.17, 15) is 4.79 Å². The highest BCUT2D eigenvalue weighted by Crippen LogP contribution is 2.16. The van der Waals surface area contributed by atoms with Crippen LogP contribution in [0.25, 0.3) is 0 Å². The minimum atomic E-state index is -0.222. The predicted octanol–water partition coefficient (Wildman–Crippen LogP) is 2.58. The summed E-state index contributed by atoms with van der Waals surface area (Å²) < 4.78 is 0. The van der Waals surface area contributed by atoms with Crippen molar-refractivity contribution in [2.45, 2.75) is 39.3 Å². The number of carbonyl (C=O) groups excluding carboxylic acids is 1. The number of nitrogens with two attached hydrogens (primary N) is 1. The second-order valence-electron chi connectivity index (χ2n) is 5.21. The van der Waals surface area contributed by atoms with E-state index in [-0.39, 0.29) is 18.0 Å². The summed E-state index contributed by atoms with van der Waals surface area (Å²) >= 11 is 0. The van der Waals surface area contributed by atoms with Gasteiger partial charge in [0.05, 0.1) is 0 Å². The Bertz CT molecular complexity index is 375. The standard InChI is InChI=1S/C15H24N2O/c1-11(2)12(3)17(4)15(18)10-14(16)13-8-6-5-7-9-13/h5-9,11-12,14H,10,16H2,1-4H3. The maximum absolute atomic E-state index is 12.1. The molecule has 3 nitrogen and oxygen atoms in total. The van der Waals surface area contributed by atoms with Crippen LogP contribution in [0.5, 0.6) is 0 Å². The zero-order valence-corrected chi connectivity index (χ0v) is 11.8. The van der Waals surface area contributed by atoms with Crippen molar-refractivity contribution in [3.05, 3.63) is 35.9 Å². The Morgan fingerprint density at radius 1 is 1.22 bits per heavy atom. The van der Waals surface area contributed by atoms with Gasteiger partial charge in [-0.25, -0.2) is 0 Å². The average Bonchev–Trinajstić information content (AvgIpc) is 2.37. The van der Waals surface area contributed by atoms with Crippen LogP contribution in [0.2, 0.25) is 0 Å². The summed E-state index contributed by atoms with van der Waals surface area (Å²) in [5.41, 5.74) is 7.07. The van der Waals surface area contributed by atoms with Crippen molar-refractivity contribution >= 4 is 5.91 Å². The smallest absolute Gasteiger partial charge is 0.224 e. The zero-order valence-electron chi connectivity index (χ0n) is 11.8. The van der Waals surface area contributed by atoms with Crippen molar-refractivity contribution in [2.24, 2.45) is 11.7 Å². The number of carbonyl (C=O) groups is 1. The van der Waals surface area contributed by atoms with Crippen LogP contribution in [0.15, 0.2) is 30.3 Å². The SMILES string of the molecule is CC(C)C(C)N(C)C(=O)CC(N)c1ccccc1. The molecule has 1 amide bonds. The lowest BCUT2D eigenvalue weighted by Crippen LogP contribution is -2.39. The molecule has 0 radical (unpaired) electrons. The summed E-state index contributed by atoms with van der Waals surface area (Å²) in [5.74, 6) is 0.555. The van der Waals surface area contributed by atoms with Crippen LogP contribution in [-0.2, 0) is 4.79 Å². The summed E-state index contributed by atoms with van der Waals surface area (Å²) in [7, 11) is 1.85. The second kappa shape index (κ2) is 6.55. The van der Waals surface area contributed by atoms with E-state index in [1.807, 2.05) is 37.4 Å². The monoisotopic (exact) mass is 248 g/mol. The van der Waals surface area contributed by atoms with E-state index in [0.717, 1.165) is 5.56 Å². The van der Waals surface area contributed by atoms with Gasteiger partial charge in [-0.1, -0.05) is 44.2 Å². The summed E-state index contributed by atoms with van der Waals surface area (Å²) in [6.07, 6.45) is 0.359. The van der Waals surface area contributed by atoms with Crippen molar-refractivity contribution in [3.8, 4) is 0 Å². The van der Waals surface area contributed by atoms with E-state index in [1.54, 1.807) is 4.90 Å². The molecule has 0 aliphatic heterocycles. The van der Waals surface area contributed by atoms with Crippen molar-refractivity contribution < 1.29 is 4.79 Å². The molecule has 0 heterocycles. The van der Waals surface area contributed by atoms with Crippen molar-refractivity contribution in [2.75, 3.05) is 7.05 Å². The first-order valence-electron chi connectivity index (χ1n) is 6.49. The third-order valence-electron chi connectivity index (χ3n) is 3.59. The Morgan fingerprint density at radius 3 is 2.28 bits per heavy atom. The van der Waals surface area contributed by atoms with Crippen LogP contribution in [-0.4, -0.2) is 23.9 Å². The number of nitrogens with zero attached hydrogens (tertiary/aromatic N) is 1. The third-order valence-corrected chi connectivity index (χ3v) is 3.59. The first-order chi connectivity index (χ1) is 8.43. The van der Waals surface area contributed by atoms with Gasteiger partial charge in [-0.3, -0.25) is 4.79 Å². The topological polar surface area (TPSA) is 46.3 Å². The molecule has 1 aromatic rings. The molecule has 100 valence electrons. The summed E-state index contributed by atoms with van der Waals surface area (Å²) in [6, 6.07) is 9.78. The minimum absolute atomic E-state index is 0.104. The van der Waals surface area contributed by atoms with E-state index in [2.05, 4.69) is 20.8 Å². The number of hydrogen-bond donors (Lipinski definition) is 1. The fraction of sp³-hybridized carbons (Fsp3) is 0.533. The Kier molecular flexibility index (Phi) is 5.35. The minimum Gasteiger partial charge on any atom is -0.343 e. The average molecular weight is 248 g/mol. The van der Waals surface area contributed by atoms with Gasteiger partial charge >= 0.3 is 0 Å². The maximum atomic E-state index is 12.1. The summed E-state index contributed by atoms with van der Waals surface area (Å²) in [4.78, 5) is 13.9. The van der Waals surface area contributed by atoms with Crippen LogP contribution in [0.3, 0.4) is 0 Å². The van der Waals surface area contributed by atoms with Gasteiger partial charge in [-0.2, -0.15) is 0 Å². The molecule has 0 fully saturated rings. The molecule has 2 atom stereocenters. The molecule has 0 saturated heterocycles. The fourth-order valence-electron chi connectivity index (χ4n) is 1.82. The number of hydrogen-bond acceptors (Lipinski definition) is 2. The van der Waals surface area contributed by atoms with Gasteiger partial charge in [-0.05, 0) is 18.4 Å². The highest BCUT2D eigenvalue weighted by molar-refractivity contribution is 5.77. The van der Waals surface area contributed by atoms with E-state index < -0.39 is 0 Å². The lowest BCUT2D eigenvalue weighted by Gasteiger charge is -2.29. The van der Waals surface area contributed by atoms with Crippen LogP contribution >= 0.6 is 0 Å². The Morgan fingerprint density at radius 2 is 1.78 bits per heavy atom. The molecule has 1 rings (SSSR count). The molecule has 1 aromatic carbocycles. The number of amides is 1. The summed E-state index contributed by atoms with van der Waals surface area (Å²) in [5, 5.41) is 0. The van der Waals surface area contributed by atoms with Crippen molar-refractivity contribution in [3.63, 3.8) is 0 Å². The summed E-state index contributed by atoms with van der Waals surface area (Å²) in [6.45, 7) is 6.30. The molecular formula is C15H24N2O. The number of benzene rings is 1. The lowest BCUT2D eigenvalue weighted by atomic mass is 10.0. The van der Waals surface area contributed by atoms with Crippen LogP contribution in [0.1, 0.15) is 38.8 Å². The molecule has 2 N–H and O–H groups in total. The molecule has 0 spiro atoms. The first-order valence-corrected chi connectivity index (χ1v) is 6.49. The molecule has 0 saturated carbocycles. The van der Waals surface area contributed by atoms with Crippen LogP contribution < -0.4 is 5.73 Å². The van der Waals surface area contributed by atoms with Crippen LogP contribution in [0.4, 0.5) is 0 Å². The molecule has 3 heteroatoms. The van der Waals surface area contributed by atoms with Gasteiger partial charge < -0.3 is 10.6 Å². The maximum Gasteiger partial charge on any atom is 0.224 e. The van der Waals surface area contributed by atoms with Crippen molar-refractivity contribution in [1.29, 1.82) is 0 Å². The Hall–Kier alpha value is -1.35. The van der Waals surface area contributed by atoms with E-state index >= 15 is 0 Å². The first kappa shape index (κ1) is 14.7. The molecule has 0 aliphatic rings. The van der Waals surface area contributed by atoms with Gasteiger partial charge in [-0.15, -0.1) is 0 Å². The van der Waals surface area contributed by atoms with Gasteiger partial charge in [0.2, 0.25) is 5.91 Å². The predicted molar refractivity (Wildman–Crippen MR) is 75.1 cm³/mol. The normalized spacial score (nSPS) is 14.3. The van der Waals surface area contributed by atoms with Crippen molar-refractivity contribution in [1.82, 2.24) is 4.90 Å². The zero-order chi connectivity index (χ0) is 13.7. The highest BCUT2D eigenvalue weighted by atomic mass is 16.2. The van der Waals surface area contributed by atoms with Gasteiger partial charge in [0.25, 0.3) is 0 Å². The molecule has 0 bridgehead atoms. The molecule has 18 heavy (non-hydrogen) atoms. The molecule has 0 aromatic heterocycles.